The van der Waals surface area contributed by atoms with E-state index in [0.717, 1.165) is 17.9 Å². The van der Waals surface area contributed by atoms with E-state index in [1.54, 1.807) is 60.7 Å². The van der Waals surface area contributed by atoms with Crippen molar-refractivity contribution in [3.63, 3.8) is 0 Å². The predicted octanol–water partition coefficient (Wildman–Crippen LogP) is 3.18. The molecule has 0 radical (unpaired) electrons. The van der Waals surface area contributed by atoms with Crippen molar-refractivity contribution in [1.82, 2.24) is 0 Å². The van der Waals surface area contributed by atoms with Gasteiger partial charge in [0.1, 0.15) is 0 Å². The third kappa shape index (κ3) is 6.23. The maximum absolute atomic E-state index is 13.6. The first-order valence-electron chi connectivity index (χ1n) is 13.1. The highest BCUT2D eigenvalue weighted by atomic mass is 16.5. The van der Waals surface area contributed by atoms with Gasteiger partial charge in [0, 0.05) is 5.92 Å². The lowest BCUT2D eigenvalue weighted by molar-refractivity contribution is -0.421. The summed E-state index contributed by atoms with van der Waals surface area (Å²) in [6.45, 7) is 4.25. The zero-order valence-corrected chi connectivity index (χ0v) is 22.0. The summed E-state index contributed by atoms with van der Waals surface area (Å²) >= 11 is 0. The highest BCUT2D eigenvalue weighted by Gasteiger charge is 2.41. The lowest BCUT2D eigenvalue weighted by Crippen LogP contribution is -2.45. The smallest absolute Gasteiger partial charge is 0.359 e. The summed E-state index contributed by atoms with van der Waals surface area (Å²) < 4.78 is 10.7. The summed E-state index contributed by atoms with van der Waals surface area (Å²) in [6, 6.07) is 17.3. The topological polar surface area (TPSA) is 124 Å². The molecule has 2 aliphatic heterocycles. The fraction of sp³-hybridized carbons (Fsp3) is 0.345. The molecule has 2 aromatic rings. The van der Waals surface area contributed by atoms with Gasteiger partial charge in [0.05, 0.1) is 30.2 Å². The zero-order valence-electron chi connectivity index (χ0n) is 22.0. The Balaban J connectivity index is 1.72. The maximum atomic E-state index is 13.6. The number of hydrazone groups is 2. The van der Waals surface area contributed by atoms with Gasteiger partial charge in [0.15, 0.2) is 11.4 Å². The van der Waals surface area contributed by atoms with Crippen molar-refractivity contribution in [2.45, 2.75) is 45.8 Å². The van der Waals surface area contributed by atoms with Crippen molar-refractivity contribution in [3.8, 4) is 0 Å². The number of carbonyl (C=O) groups excluding carboxylic acids is 3. The minimum atomic E-state index is -1.59. The molecule has 0 aromatic heterocycles. The minimum absolute atomic E-state index is 0.129. The molecule has 2 aliphatic rings. The number of benzene rings is 2. The average molecular weight is 532 g/mol. The van der Waals surface area contributed by atoms with Crippen molar-refractivity contribution in [3.05, 3.63) is 72.3 Å². The van der Waals surface area contributed by atoms with Crippen LogP contribution in [0.5, 0.6) is 0 Å². The van der Waals surface area contributed by atoms with Gasteiger partial charge in [-0.25, -0.2) is 9.59 Å². The Bertz CT molecular complexity index is 1280. The third-order valence-corrected chi connectivity index (χ3v) is 6.19. The van der Waals surface area contributed by atoms with Crippen LogP contribution in [0.15, 0.2) is 82.5 Å². The SMILES string of the molecule is CCCCOC(=O)C1=NN(c2ccccc2)C(=O)/C1=C\C1C(C(=O)OCCCC)=NN(c2ccccc2)C1[O-]. The fourth-order valence-corrected chi connectivity index (χ4v) is 4.05. The van der Waals surface area contributed by atoms with Gasteiger partial charge in [0.2, 0.25) is 0 Å². The number of nitrogens with zero attached hydrogens (tertiary/aromatic N) is 4. The highest BCUT2D eigenvalue weighted by Crippen LogP contribution is 2.31. The third-order valence-electron chi connectivity index (χ3n) is 6.19. The molecule has 0 spiro atoms. The van der Waals surface area contributed by atoms with Gasteiger partial charge in [-0.3, -0.25) is 9.80 Å². The van der Waals surface area contributed by atoms with Crippen molar-refractivity contribution in [2.24, 2.45) is 16.1 Å². The number of esters is 2. The number of para-hydroxylation sites is 2. The summed E-state index contributed by atoms with van der Waals surface area (Å²) in [4.78, 5) is 39.6. The van der Waals surface area contributed by atoms with Crippen LogP contribution < -0.4 is 15.1 Å². The van der Waals surface area contributed by atoms with Crippen LogP contribution in [0.4, 0.5) is 11.4 Å². The summed E-state index contributed by atoms with van der Waals surface area (Å²) in [5, 5.41) is 24.5. The molecule has 0 fully saturated rings. The second-order valence-electron chi connectivity index (χ2n) is 9.04. The lowest BCUT2D eigenvalue weighted by Gasteiger charge is -2.31. The maximum Gasteiger partial charge on any atom is 0.359 e. The molecular formula is C29H31N4O6-. The molecular weight excluding hydrogens is 500 g/mol. The summed E-state index contributed by atoms with van der Waals surface area (Å²) in [5.74, 6) is -3.35. The number of hydrogen-bond donors (Lipinski definition) is 0. The van der Waals surface area contributed by atoms with Crippen LogP contribution in [0.1, 0.15) is 39.5 Å². The van der Waals surface area contributed by atoms with E-state index in [1.165, 1.54) is 11.1 Å². The molecule has 4 rings (SSSR count). The van der Waals surface area contributed by atoms with Gasteiger partial charge in [-0.15, -0.1) is 0 Å². The van der Waals surface area contributed by atoms with Crippen LogP contribution in [0.25, 0.3) is 0 Å². The molecule has 2 heterocycles. The number of ether oxygens (including phenoxy) is 2. The average Bonchev–Trinajstić information content (AvgIpc) is 3.46. The van der Waals surface area contributed by atoms with E-state index in [0.29, 0.717) is 24.2 Å². The second kappa shape index (κ2) is 13.0. The number of amides is 1. The standard InChI is InChI=1S/C29H31N4O6/c1-3-5-17-38-28(36)24-22(26(34)32(30-24)20-13-9-7-10-14-20)19-23-25(29(37)39-18-6-4-2)31-33(27(23)35)21-15-11-8-12-16-21/h7-16,19,22,26H,3-6,17-18H2,1-2H3/q-1/b23-19-. The molecule has 0 saturated heterocycles. The van der Waals surface area contributed by atoms with Gasteiger partial charge in [0.25, 0.3) is 5.91 Å². The minimum Gasteiger partial charge on any atom is -0.834 e. The predicted molar refractivity (Wildman–Crippen MR) is 145 cm³/mol. The van der Waals surface area contributed by atoms with Gasteiger partial charge in [-0.1, -0.05) is 69.2 Å². The summed E-state index contributed by atoms with van der Waals surface area (Å²) in [6.07, 6.45) is 2.63. The second-order valence-corrected chi connectivity index (χ2v) is 9.04. The van der Waals surface area contributed by atoms with Crippen molar-refractivity contribution in [1.29, 1.82) is 0 Å². The van der Waals surface area contributed by atoms with Gasteiger partial charge < -0.3 is 14.6 Å². The van der Waals surface area contributed by atoms with Gasteiger partial charge in [-0.05, 0) is 43.3 Å². The number of hydrogen-bond acceptors (Lipinski definition) is 9. The van der Waals surface area contributed by atoms with E-state index >= 15 is 0 Å². The first-order chi connectivity index (χ1) is 19.0. The summed E-state index contributed by atoms with van der Waals surface area (Å²) in [5.41, 5.74) is 0.411. The van der Waals surface area contributed by atoms with Gasteiger partial charge in [-0.2, -0.15) is 15.2 Å². The van der Waals surface area contributed by atoms with Crippen molar-refractivity contribution >= 4 is 40.6 Å². The normalized spacial score (nSPS) is 19.8. The quantitative estimate of drug-likeness (QED) is 0.248. The van der Waals surface area contributed by atoms with Crippen LogP contribution in [-0.2, 0) is 23.9 Å². The molecule has 2 atom stereocenters. The molecule has 39 heavy (non-hydrogen) atoms. The van der Waals surface area contributed by atoms with Crippen LogP contribution in [0.2, 0.25) is 0 Å². The Hall–Kier alpha value is -4.31. The van der Waals surface area contributed by atoms with E-state index in [4.69, 9.17) is 9.47 Å². The molecule has 0 N–H and O–H groups in total. The van der Waals surface area contributed by atoms with Gasteiger partial charge >= 0.3 is 11.9 Å². The molecule has 0 bridgehead atoms. The van der Waals surface area contributed by atoms with E-state index in [1.807, 2.05) is 13.8 Å². The molecule has 204 valence electrons. The fourth-order valence-electron chi connectivity index (χ4n) is 4.05. The Morgan fingerprint density at radius 1 is 0.872 bits per heavy atom. The number of carbonyl (C=O) groups is 3. The number of rotatable bonds is 11. The molecule has 10 heteroatoms. The molecule has 1 amide bonds. The Kier molecular flexibility index (Phi) is 9.22. The molecule has 2 aromatic carbocycles. The molecule has 0 saturated carbocycles. The first-order valence-corrected chi connectivity index (χ1v) is 13.1. The molecule has 2 unspecified atom stereocenters. The summed E-state index contributed by atoms with van der Waals surface area (Å²) in [7, 11) is 0. The molecule has 0 aliphatic carbocycles. The van der Waals surface area contributed by atoms with Crippen LogP contribution in [0, 0.1) is 5.92 Å². The largest absolute Gasteiger partial charge is 0.834 e. The van der Waals surface area contributed by atoms with Crippen LogP contribution in [0.3, 0.4) is 0 Å². The van der Waals surface area contributed by atoms with E-state index in [9.17, 15) is 19.5 Å². The van der Waals surface area contributed by atoms with Crippen LogP contribution >= 0.6 is 0 Å². The van der Waals surface area contributed by atoms with Crippen LogP contribution in [-0.4, -0.2) is 48.7 Å². The number of unbranched alkanes of at least 4 members (excludes halogenated alkanes) is 2. The Morgan fingerprint density at radius 3 is 2.03 bits per heavy atom. The Morgan fingerprint density at radius 2 is 1.44 bits per heavy atom. The van der Waals surface area contributed by atoms with Crippen molar-refractivity contribution < 1.29 is 29.0 Å². The monoisotopic (exact) mass is 531 g/mol. The van der Waals surface area contributed by atoms with Crippen molar-refractivity contribution in [2.75, 3.05) is 23.2 Å². The lowest BCUT2D eigenvalue weighted by atomic mass is 9.96. The molecule has 10 nitrogen and oxygen atoms in total. The van der Waals surface area contributed by atoms with E-state index in [2.05, 4.69) is 10.2 Å². The van der Waals surface area contributed by atoms with E-state index in [-0.39, 0.29) is 30.2 Å². The number of anilines is 2. The zero-order chi connectivity index (χ0) is 27.8. The first kappa shape index (κ1) is 27.7. The highest BCUT2D eigenvalue weighted by molar-refractivity contribution is 6.53. The van der Waals surface area contributed by atoms with E-state index < -0.39 is 30.0 Å². The Labute approximate surface area is 227 Å².